The van der Waals surface area contributed by atoms with E-state index in [1.165, 1.54) is 24.8 Å². The first kappa shape index (κ1) is 17.6. The van der Waals surface area contributed by atoms with Gasteiger partial charge in [0.2, 0.25) is 0 Å². The SMILES string of the molecule is Cn1c(=O)[nH]c2cc(C#CCN3CCC(Cc4ccccc4)CC3)ccc21. The zero-order valence-electron chi connectivity index (χ0n) is 15.7. The van der Waals surface area contributed by atoms with Crippen molar-refractivity contribution in [3.05, 3.63) is 70.1 Å². The Labute approximate surface area is 159 Å². The summed E-state index contributed by atoms with van der Waals surface area (Å²) in [6.07, 6.45) is 3.68. The number of fused-ring (bicyclic) bond motifs is 1. The van der Waals surface area contributed by atoms with E-state index in [2.05, 4.69) is 52.1 Å². The lowest BCUT2D eigenvalue weighted by molar-refractivity contribution is 0.203. The Kier molecular flexibility index (Phi) is 5.13. The molecule has 3 aromatic rings. The number of likely N-dealkylation sites (tertiary alicyclic amines) is 1. The Morgan fingerprint density at radius 1 is 1.11 bits per heavy atom. The lowest BCUT2D eigenvalue weighted by atomic mass is 9.90. The second-order valence-corrected chi connectivity index (χ2v) is 7.43. The molecule has 0 amide bonds. The number of aromatic amines is 1. The van der Waals surface area contributed by atoms with Crippen LogP contribution in [0.3, 0.4) is 0 Å². The molecule has 1 aliphatic heterocycles. The van der Waals surface area contributed by atoms with Crippen LogP contribution in [0.2, 0.25) is 0 Å². The second kappa shape index (κ2) is 7.85. The monoisotopic (exact) mass is 359 g/mol. The van der Waals surface area contributed by atoms with Crippen LogP contribution in [-0.4, -0.2) is 34.1 Å². The van der Waals surface area contributed by atoms with Crippen molar-refractivity contribution in [2.75, 3.05) is 19.6 Å². The highest BCUT2D eigenvalue weighted by Gasteiger charge is 2.18. The number of nitrogens with zero attached hydrogens (tertiary/aromatic N) is 2. The molecule has 138 valence electrons. The van der Waals surface area contributed by atoms with Gasteiger partial charge in [0.1, 0.15) is 0 Å². The van der Waals surface area contributed by atoms with E-state index in [1.807, 2.05) is 18.2 Å². The molecule has 1 saturated heterocycles. The predicted octanol–water partition coefficient (Wildman–Crippen LogP) is 3.17. The van der Waals surface area contributed by atoms with Gasteiger partial charge in [0.15, 0.2) is 0 Å². The zero-order chi connectivity index (χ0) is 18.6. The molecule has 0 atom stereocenters. The summed E-state index contributed by atoms with van der Waals surface area (Å²) >= 11 is 0. The quantitative estimate of drug-likeness (QED) is 0.730. The standard InChI is InChI=1S/C23H25N3O/c1-25-22-10-9-19(17-21(22)24-23(25)27)8-5-13-26-14-11-20(12-15-26)16-18-6-3-2-4-7-18/h2-4,6-7,9-10,17,20H,11-16H2,1H3,(H,24,27). The molecule has 4 heteroatoms. The van der Waals surface area contributed by atoms with E-state index in [9.17, 15) is 4.79 Å². The first-order valence-corrected chi connectivity index (χ1v) is 9.63. The minimum absolute atomic E-state index is 0.0894. The molecule has 0 saturated carbocycles. The number of aromatic nitrogens is 2. The first-order valence-electron chi connectivity index (χ1n) is 9.63. The maximum absolute atomic E-state index is 11.7. The van der Waals surface area contributed by atoms with Crippen molar-refractivity contribution < 1.29 is 0 Å². The Bertz CT molecular complexity index is 1030. The molecule has 0 radical (unpaired) electrons. The van der Waals surface area contributed by atoms with E-state index in [-0.39, 0.29) is 5.69 Å². The fourth-order valence-corrected chi connectivity index (χ4v) is 3.86. The maximum atomic E-state index is 11.7. The van der Waals surface area contributed by atoms with Gasteiger partial charge in [-0.2, -0.15) is 0 Å². The van der Waals surface area contributed by atoms with E-state index < -0.39 is 0 Å². The number of imidazole rings is 1. The van der Waals surface area contributed by atoms with Crippen LogP contribution in [0.4, 0.5) is 0 Å². The lowest BCUT2D eigenvalue weighted by Crippen LogP contribution is -2.34. The smallest absolute Gasteiger partial charge is 0.306 e. The summed E-state index contributed by atoms with van der Waals surface area (Å²) in [6.45, 7) is 3.05. The van der Waals surface area contributed by atoms with Gasteiger partial charge in [-0.1, -0.05) is 42.2 Å². The van der Waals surface area contributed by atoms with Gasteiger partial charge < -0.3 is 4.98 Å². The molecular formula is C23H25N3O. The molecule has 1 aromatic heterocycles. The van der Waals surface area contributed by atoms with Gasteiger partial charge in [-0.3, -0.25) is 9.47 Å². The number of benzene rings is 2. The summed E-state index contributed by atoms with van der Waals surface area (Å²) in [5.74, 6) is 7.33. The highest BCUT2D eigenvalue weighted by Crippen LogP contribution is 2.21. The fourth-order valence-electron chi connectivity index (χ4n) is 3.86. The second-order valence-electron chi connectivity index (χ2n) is 7.43. The third-order valence-electron chi connectivity index (χ3n) is 5.51. The Hall–Kier alpha value is -2.77. The molecule has 0 aliphatic carbocycles. The van der Waals surface area contributed by atoms with E-state index in [4.69, 9.17) is 0 Å². The summed E-state index contributed by atoms with van der Waals surface area (Å²) in [6, 6.07) is 16.7. The number of H-pyrrole nitrogens is 1. The van der Waals surface area contributed by atoms with Crippen molar-refractivity contribution in [3.63, 3.8) is 0 Å². The van der Waals surface area contributed by atoms with Crippen LogP contribution < -0.4 is 5.69 Å². The molecule has 4 rings (SSSR count). The largest absolute Gasteiger partial charge is 0.326 e. The van der Waals surface area contributed by atoms with Gasteiger partial charge >= 0.3 is 5.69 Å². The molecule has 1 fully saturated rings. The fraction of sp³-hybridized carbons (Fsp3) is 0.348. The highest BCUT2D eigenvalue weighted by atomic mass is 16.1. The van der Waals surface area contributed by atoms with Crippen molar-refractivity contribution in [1.82, 2.24) is 14.5 Å². The highest BCUT2D eigenvalue weighted by molar-refractivity contribution is 5.76. The predicted molar refractivity (Wildman–Crippen MR) is 110 cm³/mol. The molecule has 2 aromatic carbocycles. The molecule has 0 spiro atoms. The van der Waals surface area contributed by atoms with E-state index in [0.717, 1.165) is 42.1 Å². The summed E-state index contributed by atoms with van der Waals surface area (Å²) in [5, 5.41) is 0. The van der Waals surface area contributed by atoms with Crippen LogP contribution >= 0.6 is 0 Å². The van der Waals surface area contributed by atoms with E-state index in [1.54, 1.807) is 11.6 Å². The maximum Gasteiger partial charge on any atom is 0.326 e. The van der Waals surface area contributed by atoms with Crippen molar-refractivity contribution in [2.24, 2.45) is 13.0 Å². The van der Waals surface area contributed by atoms with Crippen molar-refractivity contribution in [2.45, 2.75) is 19.3 Å². The van der Waals surface area contributed by atoms with Crippen LogP contribution in [0, 0.1) is 17.8 Å². The summed E-state index contributed by atoms with van der Waals surface area (Å²) < 4.78 is 1.62. The number of hydrogen-bond acceptors (Lipinski definition) is 2. The van der Waals surface area contributed by atoms with Gasteiger partial charge in [-0.25, -0.2) is 4.79 Å². The van der Waals surface area contributed by atoms with E-state index in [0.29, 0.717) is 0 Å². The van der Waals surface area contributed by atoms with Gasteiger partial charge in [0.05, 0.1) is 17.6 Å². The minimum atomic E-state index is -0.0894. The Morgan fingerprint density at radius 3 is 2.67 bits per heavy atom. The van der Waals surface area contributed by atoms with Crippen LogP contribution in [-0.2, 0) is 13.5 Å². The molecule has 2 heterocycles. The number of rotatable bonds is 3. The van der Waals surface area contributed by atoms with Gasteiger partial charge in [0.25, 0.3) is 0 Å². The number of piperidine rings is 1. The Morgan fingerprint density at radius 2 is 1.89 bits per heavy atom. The van der Waals surface area contributed by atoms with Gasteiger partial charge in [-0.15, -0.1) is 0 Å². The molecule has 1 aliphatic rings. The number of nitrogens with one attached hydrogen (secondary N) is 1. The summed E-state index contributed by atoms with van der Waals surface area (Å²) in [5.41, 5.74) is 4.06. The normalized spacial score (nSPS) is 15.6. The molecule has 4 nitrogen and oxygen atoms in total. The summed E-state index contributed by atoms with van der Waals surface area (Å²) in [4.78, 5) is 17.0. The Balaban J connectivity index is 1.31. The van der Waals surface area contributed by atoms with Crippen LogP contribution in [0.15, 0.2) is 53.3 Å². The van der Waals surface area contributed by atoms with Crippen molar-refractivity contribution in [3.8, 4) is 11.8 Å². The lowest BCUT2D eigenvalue weighted by Gasteiger charge is -2.30. The van der Waals surface area contributed by atoms with E-state index >= 15 is 0 Å². The van der Waals surface area contributed by atoms with Gasteiger partial charge in [0, 0.05) is 12.6 Å². The molecule has 1 N–H and O–H groups in total. The average molecular weight is 359 g/mol. The molecule has 27 heavy (non-hydrogen) atoms. The third kappa shape index (κ3) is 4.15. The number of hydrogen-bond donors (Lipinski definition) is 1. The third-order valence-corrected chi connectivity index (χ3v) is 5.51. The van der Waals surface area contributed by atoms with Crippen LogP contribution in [0.25, 0.3) is 11.0 Å². The molecule has 0 bridgehead atoms. The topological polar surface area (TPSA) is 41.0 Å². The first-order chi connectivity index (χ1) is 13.2. The van der Waals surface area contributed by atoms with Crippen molar-refractivity contribution >= 4 is 11.0 Å². The van der Waals surface area contributed by atoms with Gasteiger partial charge in [-0.05, 0) is 62.0 Å². The zero-order valence-corrected chi connectivity index (χ0v) is 15.7. The molecule has 0 unspecified atom stereocenters. The summed E-state index contributed by atoms with van der Waals surface area (Å²) in [7, 11) is 1.77. The number of aryl methyl sites for hydroxylation is 1. The minimum Gasteiger partial charge on any atom is -0.306 e. The van der Waals surface area contributed by atoms with Crippen LogP contribution in [0.5, 0.6) is 0 Å². The average Bonchev–Trinajstić information content (AvgIpc) is 2.97. The van der Waals surface area contributed by atoms with Crippen molar-refractivity contribution in [1.29, 1.82) is 0 Å². The molecular weight excluding hydrogens is 334 g/mol. The van der Waals surface area contributed by atoms with Crippen LogP contribution in [0.1, 0.15) is 24.0 Å².